The maximum absolute atomic E-state index is 11.9. The number of nitrogens with two attached hydrogens (primary N) is 1. The number of rotatable bonds is 6. The van der Waals surface area contributed by atoms with Crippen molar-refractivity contribution in [2.24, 2.45) is 5.73 Å². The lowest BCUT2D eigenvalue weighted by atomic mass is 10.2. The van der Waals surface area contributed by atoms with Crippen LogP contribution in [0.5, 0.6) is 5.75 Å². The molecule has 1 fully saturated rings. The van der Waals surface area contributed by atoms with Crippen molar-refractivity contribution in [2.75, 3.05) is 20.2 Å². The molecule has 4 nitrogen and oxygen atoms in total. The van der Waals surface area contributed by atoms with Gasteiger partial charge in [-0.15, -0.1) is 0 Å². The van der Waals surface area contributed by atoms with Gasteiger partial charge in [-0.25, -0.2) is 0 Å². The van der Waals surface area contributed by atoms with Crippen LogP contribution < -0.4 is 10.5 Å². The molecule has 0 aromatic heterocycles. The van der Waals surface area contributed by atoms with E-state index in [0.29, 0.717) is 18.2 Å². The van der Waals surface area contributed by atoms with Crippen LogP contribution in [0.1, 0.15) is 19.3 Å². The number of hydrogen-bond acceptors (Lipinski definition) is 3. The lowest BCUT2D eigenvalue weighted by Crippen LogP contribution is -2.44. The van der Waals surface area contributed by atoms with Gasteiger partial charge in [0.1, 0.15) is 5.75 Å². The molecule has 19 heavy (non-hydrogen) atoms. The number of likely N-dealkylation sites (N-methyl/N-ethyl adjacent to an activating group) is 1. The smallest absolute Gasteiger partial charge is 0.242 e. The number of carbonyl (C=O) groups is 1. The summed E-state index contributed by atoms with van der Waals surface area (Å²) in [5.41, 5.74) is 5.29. The van der Waals surface area contributed by atoms with Gasteiger partial charge in [0.15, 0.2) is 0 Å². The first-order valence-electron chi connectivity index (χ1n) is 6.44. The SMILES string of the molecule is CN(CCCOc1ccc(Cl)cc1)C(=O)C1(N)CC1. The van der Waals surface area contributed by atoms with E-state index >= 15 is 0 Å². The average Bonchev–Trinajstić information content (AvgIpc) is 3.15. The standard InChI is InChI=1S/C14H19ClN2O2/c1-17(13(18)14(16)7-8-14)9-2-10-19-12-5-3-11(15)4-6-12/h3-6H,2,7-10,16H2,1H3. The number of benzene rings is 1. The molecule has 0 bridgehead atoms. The van der Waals surface area contributed by atoms with Gasteiger partial charge in [-0.3, -0.25) is 4.79 Å². The molecule has 0 atom stereocenters. The number of hydrogen-bond donors (Lipinski definition) is 1. The molecule has 1 aromatic rings. The molecule has 2 rings (SSSR count). The maximum atomic E-state index is 11.9. The molecule has 0 saturated heterocycles. The minimum absolute atomic E-state index is 0.0407. The van der Waals surface area contributed by atoms with E-state index in [4.69, 9.17) is 22.1 Å². The summed E-state index contributed by atoms with van der Waals surface area (Å²) in [5, 5.41) is 0.690. The van der Waals surface area contributed by atoms with Crippen LogP contribution in [-0.4, -0.2) is 36.5 Å². The summed E-state index contributed by atoms with van der Waals surface area (Å²) in [6.07, 6.45) is 2.38. The van der Waals surface area contributed by atoms with Gasteiger partial charge in [0.05, 0.1) is 12.1 Å². The number of amides is 1. The molecule has 1 amide bonds. The third-order valence-electron chi connectivity index (χ3n) is 3.28. The van der Waals surface area contributed by atoms with Gasteiger partial charge in [0.2, 0.25) is 5.91 Å². The highest BCUT2D eigenvalue weighted by Crippen LogP contribution is 2.33. The van der Waals surface area contributed by atoms with Crippen LogP contribution in [0.25, 0.3) is 0 Å². The molecule has 0 spiro atoms. The van der Waals surface area contributed by atoms with Gasteiger partial charge in [-0.1, -0.05) is 11.6 Å². The Morgan fingerprint density at radius 2 is 2.05 bits per heavy atom. The van der Waals surface area contributed by atoms with Crippen molar-refractivity contribution >= 4 is 17.5 Å². The minimum Gasteiger partial charge on any atom is -0.494 e. The summed E-state index contributed by atoms with van der Waals surface area (Å²) < 4.78 is 5.56. The Morgan fingerprint density at radius 1 is 1.42 bits per heavy atom. The monoisotopic (exact) mass is 282 g/mol. The normalized spacial score (nSPS) is 15.9. The Labute approximate surface area is 118 Å². The van der Waals surface area contributed by atoms with Crippen LogP contribution in [0.3, 0.4) is 0 Å². The fraction of sp³-hybridized carbons (Fsp3) is 0.500. The first-order valence-corrected chi connectivity index (χ1v) is 6.82. The summed E-state index contributed by atoms with van der Waals surface area (Å²) in [6, 6.07) is 7.24. The summed E-state index contributed by atoms with van der Waals surface area (Å²) >= 11 is 5.79. The van der Waals surface area contributed by atoms with E-state index in [-0.39, 0.29) is 5.91 Å². The quantitative estimate of drug-likeness (QED) is 0.813. The molecule has 1 aromatic carbocycles. The first-order chi connectivity index (χ1) is 9.01. The van der Waals surface area contributed by atoms with Crippen molar-refractivity contribution in [2.45, 2.75) is 24.8 Å². The van der Waals surface area contributed by atoms with E-state index in [1.165, 1.54) is 0 Å². The largest absolute Gasteiger partial charge is 0.494 e. The molecule has 1 saturated carbocycles. The van der Waals surface area contributed by atoms with Crippen molar-refractivity contribution in [1.82, 2.24) is 4.90 Å². The molecule has 2 N–H and O–H groups in total. The first kappa shape index (κ1) is 14.2. The molecule has 1 aliphatic carbocycles. The average molecular weight is 283 g/mol. The van der Waals surface area contributed by atoms with E-state index in [2.05, 4.69) is 0 Å². The lowest BCUT2D eigenvalue weighted by molar-refractivity contribution is -0.132. The molecule has 5 heteroatoms. The topological polar surface area (TPSA) is 55.6 Å². The van der Waals surface area contributed by atoms with Gasteiger partial charge < -0.3 is 15.4 Å². The molecule has 0 radical (unpaired) electrons. The number of halogens is 1. The Balaban J connectivity index is 1.66. The molecule has 0 unspecified atom stereocenters. The van der Waals surface area contributed by atoms with E-state index in [1.807, 2.05) is 12.1 Å². The van der Waals surface area contributed by atoms with Crippen molar-refractivity contribution in [1.29, 1.82) is 0 Å². The molecular weight excluding hydrogens is 264 g/mol. The summed E-state index contributed by atoms with van der Waals surface area (Å²) in [6.45, 7) is 1.22. The van der Waals surface area contributed by atoms with Crippen LogP contribution in [0.4, 0.5) is 0 Å². The molecule has 0 aliphatic heterocycles. The molecular formula is C14H19ClN2O2. The third kappa shape index (κ3) is 3.85. The Bertz CT molecular complexity index is 443. The van der Waals surface area contributed by atoms with E-state index in [1.54, 1.807) is 24.1 Å². The van der Waals surface area contributed by atoms with E-state index < -0.39 is 5.54 Å². The zero-order valence-electron chi connectivity index (χ0n) is 11.1. The number of ether oxygens (including phenoxy) is 1. The van der Waals surface area contributed by atoms with Gasteiger partial charge in [0, 0.05) is 18.6 Å². The molecule has 104 valence electrons. The summed E-state index contributed by atoms with van der Waals surface area (Å²) in [5.74, 6) is 0.829. The van der Waals surface area contributed by atoms with E-state index in [9.17, 15) is 4.79 Å². The zero-order valence-corrected chi connectivity index (χ0v) is 11.8. The second-order valence-electron chi connectivity index (χ2n) is 5.04. The van der Waals surface area contributed by atoms with Crippen molar-refractivity contribution in [3.05, 3.63) is 29.3 Å². The highest BCUT2D eigenvalue weighted by molar-refractivity contribution is 6.30. The van der Waals surface area contributed by atoms with Gasteiger partial charge in [-0.2, -0.15) is 0 Å². The van der Waals surface area contributed by atoms with Gasteiger partial charge in [-0.05, 0) is 43.5 Å². The van der Waals surface area contributed by atoms with E-state index in [0.717, 1.165) is 25.0 Å². The third-order valence-corrected chi connectivity index (χ3v) is 3.53. The van der Waals surface area contributed by atoms with Gasteiger partial charge in [0.25, 0.3) is 0 Å². The lowest BCUT2D eigenvalue weighted by Gasteiger charge is -2.20. The maximum Gasteiger partial charge on any atom is 0.242 e. The summed E-state index contributed by atoms with van der Waals surface area (Å²) in [4.78, 5) is 13.6. The van der Waals surface area contributed by atoms with Crippen molar-refractivity contribution in [3.63, 3.8) is 0 Å². The highest BCUT2D eigenvalue weighted by Gasteiger charge is 2.47. The van der Waals surface area contributed by atoms with Crippen LogP contribution in [0, 0.1) is 0 Å². The predicted octanol–water partition coefficient (Wildman–Crippen LogP) is 2.06. The van der Waals surface area contributed by atoms with Crippen LogP contribution in [0.2, 0.25) is 5.02 Å². The van der Waals surface area contributed by atoms with Gasteiger partial charge >= 0.3 is 0 Å². The Kier molecular flexibility index (Phi) is 4.32. The second-order valence-corrected chi connectivity index (χ2v) is 5.48. The van der Waals surface area contributed by atoms with Crippen LogP contribution in [0.15, 0.2) is 24.3 Å². The predicted molar refractivity (Wildman–Crippen MR) is 75.4 cm³/mol. The zero-order chi connectivity index (χ0) is 13.9. The fourth-order valence-corrected chi connectivity index (χ4v) is 1.98. The fourth-order valence-electron chi connectivity index (χ4n) is 1.85. The minimum atomic E-state index is -0.578. The molecule has 0 heterocycles. The number of nitrogens with zero attached hydrogens (tertiary/aromatic N) is 1. The van der Waals surface area contributed by atoms with Crippen LogP contribution >= 0.6 is 11.6 Å². The Hall–Kier alpha value is -1.26. The Morgan fingerprint density at radius 3 is 2.63 bits per heavy atom. The highest BCUT2D eigenvalue weighted by atomic mass is 35.5. The van der Waals surface area contributed by atoms with Crippen molar-refractivity contribution in [3.8, 4) is 5.75 Å². The van der Waals surface area contributed by atoms with Crippen molar-refractivity contribution < 1.29 is 9.53 Å². The van der Waals surface area contributed by atoms with Crippen LogP contribution in [-0.2, 0) is 4.79 Å². The number of carbonyl (C=O) groups excluding carboxylic acids is 1. The molecule has 1 aliphatic rings. The summed E-state index contributed by atoms with van der Waals surface area (Å²) in [7, 11) is 1.79. The second kappa shape index (κ2) is 5.80.